The van der Waals surface area contributed by atoms with Crippen LogP contribution in [0.4, 0.5) is 5.69 Å². The molecule has 0 aliphatic carbocycles. The standard InChI is InChI=1S/C13H13N.C4H10/c1-12-6-8-13(9-7-12)14-10-4-2-3-5-11-14;1-4(2)3/h2-11H,1H3;4H,1-3H3. The highest BCUT2D eigenvalue weighted by molar-refractivity contribution is 5.54. The van der Waals surface area contributed by atoms with Gasteiger partial charge in [-0.3, -0.25) is 0 Å². The van der Waals surface area contributed by atoms with Crippen LogP contribution < -0.4 is 4.90 Å². The molecule has 0 radical (unpaired) electrons. The molecule has 1 aromatic rings. The van der Waals surface area contributed by atoms with E-state index in [1.807, 2.05) is 36.7 Å². The van der Waals surface area contributed by atoms with E-state index in [1.54, 1.807) is 0 Å². The van der Waals surface area contributed by atoms with Gasteiger partial charge in [-0.1, -0.05) is 50.6 Å². The van der Waals surface area contributed by atoms with Gasteiger partial charge < -0.3 is 4.90 Å². The molecular formula is C17H23N. The molecule has 0 atom stereocenters. The molecule has 96 valence electrons. The van der Waals surface area contributed by atoms with Crippen molar-refractivity contribution < 1.29 is 0 Å². The first-order valence-electron chi connectivity index (χ1n) is 6.46. The Hall–Kier alpha value is -1.76. The predicted octanol–water partition coefficient (Wildman–Crippen LogP) is 5.06. The number of allylic oxidation sites excluding steroid dienone is 4. The van der Waals surface area contributed by atoms with Gasteiger partial charge in [0.25, 0.3) is 0 Å². The Balaban J connectivity index is 0.000000357. The first kappa shape index (κ1) is 14.3. The van der Waals surface area contributed by atoms with Crippen molar-refractivity contribution in [1.82, 2.24) is 0 Å². The van der Waals surface area contributed by atoms with E-state index in [4.69, 9.17) is 0 Å². The zero-order chi connectivity index (χ0) is 13.4. The summed E-state index contributed by atoms with van der Waals surface area (Å²) in [5.74, 6) is 0.833. The number of hydrogen-bond acceptors (Lipinski definition) is 1. The minimum absolute atomic E-state index is 0.833. The lowest BCUT2D eigenvalue weighted by atomic mass is 10.2. The topological polar surface area (TPSA) is 3.24 Å². The van der Waals surface area contributed by atoms with Gasteiger partial charge in [-0.15, -0.1) is 0 Å². The van der Waals surface area contributed by atoms with Crippen LogP contribution in [0.3, 0.4) is 0 Å². The first-order chi connectivity index (χ1) is 8.59. The lowest BCUT2D eigenvalue weighted by Crippen LogP contribution is -2.05. The number of rotatable bonds is 1. The maximum Gasteiger partial charge on any atom is 0.0449 e. The SMILES string of the molecule is CC(C)C.Cc1ccc(N2C=CC=CC=C2)cc1. The van der Waals surface area contributed by atoms with Gasteiger partial charge in [0, 0.05) is 18.1 Å². The monoisotopic (exact) mass is 241 g/mol. The van der Waals surface area contributed by atoms with Gasteiger partial charge in [0.05, 0.1) is 0 Å². The molecule has 0 aromatic heterocycles. The second kappa shape index (κ2) is 7.54. The quantitative estimate of drug-likeness (QED) is 0.664. The summed E-state index contributed by atoms with van der Waals surface area (Å²) in [6, 6.07) is 8.48. The highest BCUT2D eigenvalue weighted by Crippen LogP contribution is 2.16. The Morgan fingerprint density at radius 2 is 1.22 bits per heavy atom. The van der Waals surface area contributed by atoms with Gasteiger partial charge in [0.15, 0.2) is 0 Å². The molecule has 0 saturated heterocycles. The minimum Gasteiger partial charge on any atom is -0.324 e. The molecule has 0 bridgehead atoms. The van der Waals surface area contributed by atoms with E-state index in [1.165, 1.54) is 11.3 Å². The van der Waals surface area contributed by atoms with Crippen molar-refractivity contribution in [1.29, 1.82) is 0 Å². The third-order valence-electron chi connectivity index (χ3n) is 2.16. The second-order valence-corrected chi connectivity index (χ2v) is 5.04. The summed E-state index contributed by atoms with van der Waals surface area (Å²) in [6.45, 7) is 8.60. The molecule has 1 aliphatic rings. The number of anilines is 1. The van der Waals surface area contributed by atoms with Crippen LogP contribution in [0.1, 0.15) is 26.3 Å². The summed E-state index contributed by atoms with van der Waals surface area (Å²) in [4.78, 5) is 2.10. The van der Waals surface area contributed by atoms with Crippen LogP contribution in [0.5, 0.6) is 0 Å². The molecule has 0 N–H and O–H groups in total. The van der Waals surface area contributed by atoms with E-state index in [2.05, 4.69) is 56.9 Å². The van der Waals surface area contributed by atoms with Crippen molar-refractivity contribution in [2.24, 2.45) is 5.92 Å². The van der Waals surface area contributed by atoms with Gasteiger partial charge in [-0.25, -0.2) is 0 Å². The molecule has 1 heteroatoms. The number of nitrogens with zero attached hydrogens (tertiary/aromatic N) is 1. The molecule has 18 heavy (non-hydrogen) atoms. The highest BCUT2D eigenvalue weighted by atomic mass is 15.1. The van der Waals surface area contributed by atoms with Crippen molar-refractivity contribution in [2.45, 2.75) is 27.7 Å². The molecule has 1 aliphatic heterocycles. The molecule has 0 unspecified atom stereocenters. The highest BCUT2D eigenvalue weighted by Gasteiger charge is 1.98. The Kier molecular flexibility index (Phi) is 5.99. The Morgan fingerprint density at radius 3 is 1.67 bits per heavy atom. The molecule has 1 nitrogen and oxygen atoms in total. The van der Waals surface area contributed by atoms with Gasteiger partial charge in [-0.05, 0) is 37.1 Å². The van der Waals surface area contributed by atoms with Crippen LogP contribution in [0.25, 0.3) is 0 Å². The summed E-state index contributed by atoms with van der Waals surface area (Å²) < 4.78 is 0. The van der Waals surface area contributed by atoms with E-state index >= 15 is 0 Å². The molecule has 1 heterocycles. The Bertz CT molecular complexity index is 403. The van der Waals surface area contributed by atoms with Crippen LogP contribution in [0, 0.1) is 12.8 Å². The summed E-state index contributed by atoms with van der Waals surface area (Å²) >= 11 is 0. The fourth-order valence-corrected chi connectivity index (χ4v) is 1.35. The average Bonchev–Trinajstić information content (AvgIpc) is 2.58. The van der Waals surface area contributed by atoms with Crippen LogP contribution in [-0.4, -0.2) is 0 Å². The zero-order valence-electron chi connectivity index (χ0n) is 11.8. The van der Waals surface area contributed by atoms with Crippen molar-refractivity contribution in [3.05, 3.63) is 66.5 Å². The zero-order valence-corrected chi connectivity index (χ0v) is 11.8. The summed E-state index contributed by atoms with van der Waals surface area (Å²) in [7, 11) is 0. The smallest absolute Gasteiger partial charge is 0.0449 e. The number of aryl methyl sites for hydroxylation is 1. The van der Waals surface area contributed by atoms with Gasteiger partial charge in [0.1, 0.15) is 0 Å². The third kappa shape index (κ3) is 5.53. The summed E-state index contributed by atoms with van der Waals surface area (Å²) in [5.41, 5.74) is 2.47. The van der Waals surface area contributed by atoms with Crippen molar-refractivity contribution in [3.8, 4) is 0 Å². The maximum absolute atomic E-state index is 2.17. The average molecular weight is 241 g/mol. The van der Waals surface area contributed by atoms with Crippen LogP contribution in [0.15, 0.2) is 61.0 Å². The largest absolute Gasteiger partial charge is 0.324 e. The Morgan fingerprint density at radius 1 is 0.778 bits per heavy atom. The van der Waals surface area contributed by atoms with Gasteiger partial charge >= 0.3 is 0 Å². The number of benzene rings is 1. The van der Waals surface area contributed by atoms with E-state index in [0.717, 1.165) is 5.92 Å². The van der Waals surface area contributed by atoms with Crippen LogP contribution in [-0.2, 0) is 0 Å². The summed E-state index contributed by atoms with van der Waals surface area (Å²) in [5, 5.41) is 0. The maximum atomic E-state index is 2.17. The van der Waals surface area contributed by atoms with E-state index < -0.39 is 0 Å². The van der Waals surface area contributed by atoms with Gasteiger partial charge in [0.2, 0.25) is 0 Å². The van der Waals surface area contributed by atoms with E-state index in [0.29, 0.717) is 0 Å². The molecule has 2 rings (SSSR count). The molecule has 0 saturated carbocycles. The van der Waals surface area contributed by atoms with Crippen molar-refractivity contribution >= 4 is 5.69 Å². The second-order valence-electron chi connectivity index (χ2n) is 5.04. The third-order valence-corrected chi connectivity index (χ3v) is 2.16. The van der Waals surface area contributed by atoms with Crippen LogP contribution >= 0.6 is 0 Å². The lowest BCUT2D eigenvalue weighted by molar-refractivity contribution is 0.737. The molecule has 1 aromatic carbocycles. The molecule has 0 spiro atoms. The summed E-state index contributed by atoms with van der Waals surface area (Å²) in [6.07, 6.45) is 12.2. The van der Waals surface area contributed by atoms with Crippen molar-refractivity contribution in [2.75, 3.05) is 4.90 Å². The lowest BCUT2D eigenvalue weighted by Gasteiger charge is -2.14. The molecule has 0 fully saturated rings. The van der Waals surface area contributed by atoms with E-state index in [-0.39, 0.29) is 0 Å². The Labute approximate surface area is 111 Å². The molecular weight excluding hydrogens is 218 g/mol. The number of hydrogen-bond donors (Lipinski definition) is 0. The fraction of sp³-hybridized carbons (Fsp3) is 0.294. The molecule has 0 amide bonds. The van der Waals surface area contributed by atoms with Crippen LogP contribution in [0.2, 0.25) is 0 Å². The minimum atomic E-state index is 0.833. The van der Waals surface area contributed by atoms with Gasteiger partial charge in [-0.2, -0.15) is 0 Å². The van der Waals surface area contributed by atoms with Crippen molar-refractivity contribution in [3.63, 3.8) is 0 Å². The van der Waals surface area contributed by atoms with E-state index in [9.17, 15) is 0 Å². The normalized spacial score (nSPS) is 13.3. The first-order valence-corrected chi connectivity index (χ1v) is 6.46. The predicted molar refractivity (Wildman–Crippen MR) is 81.6 cm³/mol. The fourth-order valence-electron chi connectivity index (χ4n) is 1.35.